The van der Waals surface area contributed by atoms with Crippen molar-refractivity contribution in [3.8, 4) is 0 Å². The number of hydrogen-bond acceptors (Lipinski definition) is 3. The van der Waals surface area contributed by atoms with Gasteiger partial charge in [0.1, 0.15) is 0 Å². The van der Waals surface area contributed by atoms with Crippen molar-refractivity contribution < 1.29 is 9.63 Å². The molecule has 0 saturated carbocycles. The summed E-state index contributed by atoms with van der Waals surface area (Å²) in [7, 11) is 0. The van der Waals surface area contributed by atoms with Crippen LogP contribution in [0.4, 0.5) is 0 Å². The molecule has 0 amide bonds. The summed E-state index contributed by atoms with van der Waals surface area (Å²) >= 11 is 10.8. The van der Waals surface area contributed by atoms with Crippen LogP contribution in [0, 0.1) is 0 Å². The van der Waals surface area contributed by atoms with Crippen molar-refractivity contribution in [2.24, 2.45) is 5.16 Å². The van der Waals surface area contributed by atoms with E-state index in [1.165, 1.54) is 0 Å². The lowest BCUT2D eigenvalue weighted by atomic mass is 10.1. The summed E-state index contributed by atoms with van der Waals surface area (Å²) in [5.74, 6) is 0. The maximum absolute atomic E-state index is 10.4. The third kappa shape index (κ3) is 4.32. The molecule has 15 heavy (non-hydrogen) atoms. The lowest BCUT2D eigenvalue weighted by Crippen LogP contribution is -2.01. The molecule has 80 valence electrons. The predicted octanol–water partition coefficient (Wildman–Crippen LogP) is 2.85. The van der Waals surface area contributed by atoms with E-state index in [1.54, 1.807) is 19.1 Å². The van der Waals surface area contributed by atoms with Crippen molar-refractivity contribution in [2.45, 2.75) is 6.92 Å². The maximum atomic E-state index is 10.4. The number of halogens is 2. The maximum Gasteiger partial charge on any atom is 0.262 e. The monoisotopic (exact) mass is 245 g/mol. The summed E-state index contributed by atoms with van der Waals surface area (Å²) in [6.07, 6.45) is 0. The van der Waals surface area contributed by atoms with E-state index in [0.717, 1.165) is 5.56 Å². The molecule has 5 heteroatoms. The van der Waals surface area contributed by atoms with Gasteiger partial charge in [0.25, 0.3) is 5.24 Å². The SMILES string of the molecule is CC(=NOCC(=O)Cl)c1ccc(Cl)cc1. The van der Waals surface area contributed by atoms with Crippen LogP contribution in [0.2, 0.25) is 5.02 Å². The lowest BCUT2D eigenvalue weighted by Gasteiger charge is -2.00. The summed E-state index contributed by atoms with van der Waals surface area (Å²) in [6.45, 7) is 1.54. The molecule has 0 fully saturated rings. The number of oxime groups is 1. The number of rotatable bonds is 4. The van der Waals surface area contributed by atoms with E-state index in [1.807, 2.05) is 12.1 Å². The van der Waals surface area contributed by atoms with Gasteiger partial charge in [-0.05, 0) is 36.2 Å². The first-order chi connectivity index (χ1) is 7.09. The molecular formula is C10H9Cl2NO2. The van der Waals surface area contributed by atoms with Gasteiger partial charge >= 0.3 is 0 Å². The first kappa shape index (κ1) is 12.0. The highest BCUT2D eigenvalue weighted by atomic mass is 35.5. The van der Waals surface area contributed by atoms with Crippen LogP contribution in [0.3, 0.4) is 0 Å². The number of benzene rings is 1. The predicted molar refractivity (Wildman–Crippen MR) is 60.5 cm³/mol. The van der Waals surface area contributed by atoms with Crippen LogP contribution >= 0.6 is 23.2 Å². The van der Waals surface area contributed by atoms with Gasteiger partial charge < -0.3 is 4.84 Å². The first-order valence-electron chi connectivity index (χ1n) is 4.20. The van der Waals surface area contributed by atoms with Gasteiger partial charge in [-0.3, -0.25) is 4.79 Å². The molecule has 0 spiro atoms. The Morgan fingerprint density at radius 3 is 2.53 bits per heavy atom. The van der Waals surface area contributed by atoms with Crippen LogP contribution in [-0.2, 0) is 9.63 Å². The summed E-state index contributed by atoms with van der Waals surface area (Å²) < 4.78 is 0. The molecule has 0 heterocycles. The van der Waals surface area contributed by atoms with Gasteiger partial charge in [-0.15, -0.1) is 0 Å². The van der Waals surface area contributed by atoms with Crippen molar-refractivity contribution >= 4 is 34.2 Å². The Balaban J connectivity index is 2.63. The van der Waals surface area contributed by atoms with Crippen molar-refractivity contribution in [1.82, 2.24) is 0 Å². The van der Waals surface area contributed by atoms with E-state index in [2.05, 4.69) is 5.16 Å². The third-order valence-corrected chi connectivity index (χ3v) is 2.00. The number of nitrogens with zero attached hydrogens (tertiary/aromatic N) is 1. The zero-order valence-electron chi connectivity index (χ0n) is 8.04. The zero-order chi connectivity index (χ0) is 11.3. The number of carbonyl (C=O) groups is 1. The minimum absolute atomic E-state index is 0.230. The second-order valence-electron chi connectivity index (χ2n) is 2.81. The molecule has 0 unspecified atom stereocenters. The topological polar surface area (TPSA) is 38.7 Å². The zero-order valence-corrected chi connectivity index (χ0v) is 9.55. The summed E-state index contributed by atoms with van der Waals surface area (Å²) in [5.41, 5.74) is 1.53. The Labute approximate surface area is 97.6 Å². The second kappa shape index (κ2) is 5.73. The highest BCUT2D eigenvalue weighted by Gasteiger charge is 1.99. The van der Waals surface area contributed by atoms with Gasteiger partial charge in [0.2, 0.25) is 0 Å². The van der Waals surface area contributed by atoms with Crippen molar-refractivity contribution in [2.75, 3.05) is 6.61 Å². The average molecular weight is 246 g/mol. The van der Waals surface area contributed by atoms with Gasteiger partial charge in [0.15, 0.2) is 6.61 Å². The molecule has 0 N–H and O–H groups in total. The van der Waals surface area contributed by atoms with Crippen molar-refractivity contribution in [3.63, 3.8) is 0 Å². The van der Waals surface area contributed by atoms with Crippen LogP contribution in [0.15, 0.2) is 29.4 Å². The number of hydrogen-bond donors (Lipinski definition) is 0. The smallest absolute Gasteiger partial charge is 0.262 e. The molecule has 0 atom stereocenters. The average Bonchev–Trinajstić information content (AvgIpc) is 2.18. The van der Waals surface area contributed by atoms with E-state index in [9.17, 15) is 4.79 Å². The molecule has 0 bridgehead atoms. The van der Waals surface area contributed by atoms with Crippen LogP contribution < -0.4 is 0 Å². The minimum Gasteiger partial charge on any atom is -0.386 e. The van der Waals surface area contributed by atoms with E-state index in [-0.39, 0.29) is 6.61 Å². The molecule has 3 nitrogen and oxygen atoms in total. The van der Waals surface area contributed by atoms with Gasteiger partial charge in [0.05, 0.1) is 5.71 Å². The standard InChI is InChI=1S/C10H9Cl2NO2/c1-7(13-15-6-10(12)14)8-2-4-9(11)5-3-8/h2-5H,6H2,1H3. The molecule has 0 aliphatic carbocycles. The Kier molecular flexibility index (Phi) is 4.59. The molecule has 0 aliphatic heterocycles. The van der Waals surface area contributed by atoms with E-state index in [0.29, 0.717) is 10.7 Å². The Hall–Kier alpha value is -1.06. The minimum atomic E-state index is -0.581. The Morgan fingerprint density at radius 1 is 1.40 bits per heavy atom. The number of carbonyl (C=O) groups excluding carboxylic acids is 1. The highest BCUT2D eigenvalue weighted by molar-refractivity contribution is 6.63. The summed E-state index contributed by atoms with van der Waals surface area (Å²) in [4.78, 5) is 15.1. The molecule has 1 rings (SSSR count). The van der Waals surface area contributed by atoms with E-state index < -0.39 is 5.24 Å². The summed E-state index contributed by atoms with van der Waals surface area (Å²) in [6, 6.07) is 7.13. The van der Waals surface area contributed by atoms with Gasteiger partial charge in [-0.25, -0.2) is 0 Å². The summed E-state index contributed by atoms with van der Waals surface area (Å²) in [5, 5.41) is 3.81. The molecule has 1 aromatic rings. The fraction of sp³-hybridized carbons (Fsp3) is 0.200. The van der Waals surface area contributed by atoms with Crippen molar-refractivity contribution in [1.29, 1.82) is 0 Å². The largest absolute Gasteiger partial charge is 0.386 e. The van der Waals surface area contributed by atoms with E-state index >= 15 is 0 Å². The van der Waals surface area contributed by atoms with Crippen molar-refractivity contribution in [3.05, 3.63) is 34.9 Å². The quantitative estimate of drug-likeness (QED) is 0.465. The fourth-order valence-electron chi connectivity index (χ4n) is 0.924. The fourth-order valence-corrected chi connectivity index (χ4v) is 1.10. The molecule has 0 radical (unpaired) electrons. The normalized spacial score (nSPS) is 11.3. The van der Waals surface area contributed by atoms with Gasteiger partial charge in [-0.1, -0.05) is 28.9 Å². The van der Waals surface area contributed by atoms with Crippen LogP contribution in [0.25, 0.3) is 0 Å². The molecule has 0 aliphatic rings. The van der Waals surface area contributed by atoms with Crippen LogP contribution in [-0.4, -0.2) is 17.6 Å². The third-order valence-electron chi connectivity index (χ3n) is 1.64. The first-order valence-corrected chi connectivity index (χ1v) is 4.96. The molecule has 0 saturated heterocycles. The van der Waals surface area contributed by atoms with Crippen LogP contribution in [0.1, 0.15) is 12.5 Å². The molecule has 0 aromatic heterocycles. The molecule has 1 aromatic carbocycles. The van der Waals surface area contributed by atoms with Gasteiger partial charge in [0, 0.05) is 5.02 Å². The second-order valence-corrected chi connectivity index (χ2v) is 3.67. The Bertz CT molecular complexity index is 374. The highest BCUT2D eigenvalue weighted by Crippen LogP contribution is 2.10. The Morgan fingerprint density at radius 2 is 2.00 bits per heavy atom. The van der Waals surface area contributed by atoms with Crippen LogP contribution in [0.5, 0.6) is 0 Å². The lowest BCUT2D eigenvalue weighted by molar-refractivity contribution is -0.115. The van der Waals surface area contributed by atoms with Gasteiger partial charge in [-0.2, -0.15) is 0 Å². The van der Waals surface area contributed by atoms with E-state index in [4.69, 9.17) is 28.0 Å². The molecular weight excluding hydrogens is 237 g/mol.